The van der Waals surface area contributed by atoms with Crippen molar-refractivity contribution in [1.29, 1.82) is 0 Å². The van der Waals surface area contributed by atoms with Gasteiger partial charge in [-0.25, -0.2) is 0 Å². The highest BCUT2D eigenvalue weighted by molar-refractivity contribution is 5.80. The molecule has 14 saturated carbocycles. The highest BCUT2D eigenvalue weighted by Gasteiger charge is 2.61. The van der Waals surface area contributed by atoms with Gasteiger partial charge in [0.2, 0.25) is 0 Å². The fourth-order valence-electron chi connectivity index (χ4n) is 24.2. The second-order valence-corrected chi connectivity index (χ2v) is 33.6. The first-order valence-corrected chi connectivity index (χ1v) is 35.3. The van der Waals surface area contributed by atoms with Crippen molar-refractivity contribution in [3.8, 4) is 0 Å². The molecule has 5 heteroatoms. The van der Waals surface area contributed by atoms with E-state index in [9.17, 15) is 24.6 Å². The van der Waals surface area contributed by atoms with Gasteiger partial charge in [0.05, 0.1) is 12.2 Å². The number of aliphatic hydroxyl groups is 2. The predicted molar refractivity (Wildman–Crippen MR) is 343 cm³/mol. The average molecular weight is 1140 g/mol. The van der Waals surface area contributed by atoms with E-state index in [-0.39, 0.29) is 27.1 Å². The number of hydrogen-bond acceptors (Lipinski definition) is 5. The summed E-state index contributed by atoms with van der Waals surface area (Å²) in [6.45, 7) is 25.8. The molecule has 0 aromatic heterocycles. The first-order chi connectivity index (χ1) is 38.1. The molecule has 0 heterocycles. The zero-order valence-electron chi connectivity index (χ0n) is 52.9. The Hall–Kier alpha value is -1.59. The van der Waals surface area contributed by atoms with Crippen molar-refractivity contribution in [2.75, 3.05) is 0 Å². The third-order valence-electron chi connectivity index (χ3n) is 29.9. The van der Waals surface area contributed by atoms with Crippen LogP contribution >= 0.6 is 0 Å². The number of aliphatic hydroxyl groups excluding tert-OH is 2. The monoisotopic (exact) mass is 1130 g/mol. The molecule has 0 bridgehead atoms. The van der Waals surface area contributed by atoms with Crippen molar-refractivity contribution in [2.24, 2.45) is 115 Å². The summed E-state index contributed by atoms with van der Waals surface area (Å²) >= 11 is 0. The van der Waals surface area contributed by atoms with Crippen molar-refractivity contribution in [1.82, 2.24) is 0 Å². The minimum absolute atomic E-state index is 0. The van der Waals surface area contributed by atoms with E-state index < -0.39 is 0 Å². The van der Waals surface area contributed by atoms with E-state index in [4.69, 9.17) is 0 Å². The maximum Gasteiger partial charge on any atom is 0.133 e. The molecule has 14 aliphatic rings. The molecular weight excluding hydrogens is 1000 g/mol. The van der Waals surface area contributed by atoms with Gasteiger partial charge in [0, 0.05) is 38.5 Å². The van der Waals surface area contributed by atoms with Crippen molar-refractivity contribution < 1.29 is 24.6 Å². The highest BCUT2D eigenvalue weighted by atomic mass is 16.3. The third kappa shape index (κ3) is 13.0. The SMILES string of the molecule is C.C.C=C[C@H]1CCC2C3CC[C@H]4CC(=O)CC[C@]4(C)C3CC[C@@]21C.C=C[C@H]1CCC2C3CC[C@H]4C[C@@H](O)CC[C@]4(C)C3CC[C@@]21C.C[C@@]12CCCC[C@H]1CC(=O)CC2.C[C@@]12CCCC[C@H]1CC(=O)CC2.C[C@@]12CCCC[C@H]1C[C@@H](O)CC2. The fraction of sp³-hybridized carbons (Fsp3) is 0.909. The maximum atomic E-state index is 11.9. The minimum atomic E-state index is -0.0138. The molecule has 2 N–H and O–H groups in total. The Morgan fingerprint density at radius 2 is 0.720 bits per heavy atom. The first kappa shape index (κ1) is 66.4. The van der Waals surface area contributed by atoms with E-state index in [2.05, 4.69) is 73.8 Å². The number of fused-ring (bicyclic) bond motifs is 13. The lowest BCUT2D eigenvalue weighted by molar-refractivity contribution is -0.138. The molecule has 14 fully saturated rings. The Bertz CT molecular complexity index is 2140. The van der Waals surface area contributed by atoms with E-state index in [1.807, 2.05) is 0 Å². The van der Waals surface area contributed by atoms with Gasteiger partial charge in [-0.15, -0.1) is 13.2 Å². The number of carbonyl (C=O) groups is 3. The van der Waals surface area contributed by atoms with Crippen LogP contribution < -0.4 is 0 Å². The van der Waals surface area contributed by atoms with Gasteiger partial charge in [0.1, 0.15) is 17.3 Å². The van der Waals surface area contributed by atoms with Gasteiger partial charge in [-0.1, -0.05) is 114 Å². The molecule has 0 amide bonds. The summed E-state index contributed by atoms with van der Waals surface area (Å²) in [5, 5.41) is 19.7. The van der Waals surface area contributed by atoms with Crippen LogP contribution in [0.1, 0.15) is 314 Å². The van der Waals surface area contributed by atoms with E-state index in [0.717, 1.165) is 148 Å². The van der Waals surface area contributed by atoms with Crippen molar-refractivity contribution in [3.63, 3.8) is 0 Å². The van der Waals surface area contributed by atoms with E-state index in [1.165, 1.54) is 173 Å². The van der Waals surface area contributed by atoms with Crippen molar-refractivity contribution in [2.45, 2.75) is 326 Å². The molecule has 0 saturated heterocycles. The summed E-state index contributed by atoms with van der Waals surface area (Å²) in [5.74, 6) is 12.4. The molecule has 0 radical (unpaired) electrons. The molecule has 82 heavy (non-hydrogen) atoms. The summed E-state index contributed by atoms with van der Waals surface area (Å²) in [7, 11) is 0. The van der Waals surface area contributed by atoms with E-state index in [1.54, 1.807) is 0 Å². The largest absolute Gasteiger partial charge is 0.393 e. The molecule has 0 aliphatic heterocycles. The van der Waals surface area contributed by atoms with Gasteiger partial charge in [0.25, 0.3) is 0 Å². The number of allylic oxidation sites excluding steroid dienone is 2. The predicted octanol–water partition coefficient (Wildman–Crippen LogP) is 20.5. The molecule has 468 valence electrons. The lowest BCUT2D eigenvalue weighted by Gasteiger charge is -2.60. The van der Waals surface area contributed by atoms with Gasteiger partial charge < -0.3 is 10.2 Å². The fourth-order valence-corrected chi connectivity index (χ4v) is 24.2. The van der Waals surface area contributed by atoms with Crippen LogP contribution in [-0.4, -0.2) is 39.8 Å². The summed E-state index contributed by atoms with van der Waals surface area (Å²) in [4.78, 5) is 34.4. The smallest absolute Gasteiger partial charge is 0.133 e. The summed E-state index contributed by atoms with van der Waals surface area (Å²) in [6, 6.07) is 0. The third-order valence-corrected chi connectivity index (χ3v) is 29.9. The van der Waals surface area contributed by atoms with Crippen LogP contribution in [0.15, 0.2) is 25.3 Å². The molecule has 5 nitrogen and oxygen atoms in total. The number of Topliss-reactive ketones (excluding diaryl/α,β-unsaturated/α-hetero) is 3. The summed E-state index contributed by atoms with van der Waals surface area (Å²) < 4.78 is 0. The van der Waals surface area contributed by atoms with Crippen LogP contribution in [0, 0.1) is 115 Å². The van der Waals surface area contributed by atoms with Crippen LogP contribution in [0.25, 0.3) is 0 Å². The topological polar surface area (TPSA) is 91.7 Å². The van der Waals surface area contributed by atoms with Crippen LogP contribution in [-0.2, 0) is 14.4 Å². The molecule has 0 aromatic carbocycles. The quantitative estimate of drug-likeness (QED) is 0.269. The molecule has 6 unspecified atom stereocenters. The molecule has 22 atom stereocenters. The molecule has 14 rings (SSSR count). The van der Waals surface area contributed by atoms with Gasteiger partial charge >= 0.3 is 0 Å². The Morgan fingerprint density at radius 1 is 0.354 bits per heavy atom. The molecule has 14 aliphatic carbocycles. The van der Waals surface area contributed by atoms with Crippen LogP contribution in [0.2, 0.25) is 0 Å². The number of carbonyl (C=O) groups excluding carboxylic acids is 3. The number of hydrogen-bond donors (Lipinski definition) is 2. The average Bonchev–Trinajstić information content (AvgIpc) is 4.17. The molecular formula is C77H130O5. The molecule has 0 spiro atoms. The number of ketones is 3. The summed E-state index contributed by atoms with van der Waals surface area (Å²) in [5.41, 5.74) is 3.72. The van der Waals surface area contributed by atoms with Crippen molar-refractivity contribution >= 4 is 17.3 Å². The Balaban J connectivity index is 0.000000138. The van der Waals surface area contributed by atoms with Gasteiger partial charge in [-0.2, -0.15) is 0 Å². The Kier molecular flexibility index (Phi) is 21.5. The minimum Gasteiger partial charge on any atom is -0.393 e. The zero-order valence-corrected chi connectivity index (χ0v) is 52.9. The second-order valence-electron chi connectivity index (χ2n) is 33.6. The van der Waals surface area contributed by atoms with Crippen molar-refractivity contribution in [3.05, 3.63) is 25.3 Å². The summed E-state index contributed by atoms with van der Waals surface area (Å²) in [6.07, 6.45) is 53.2. The van der Waals surface area contributed by atoms with Crippen LogP contribution in [0.5, 0.6) is 0 Å². The lowest BCUT2D eigenvalue weighted by atomic mass is 9.44. The molecule has 0 aromatic rings. The van der Waals surface area contributed by atoms with Crippen LogP contribution in [0.4, 0.5) is 0 Å². The first-order valence-electron chi connectivity index (χ1n) is 35.3. The second kappa shape index (κ2) is 26.6. The maximum absolute atomic E-state index is 11.9. The Labute approximate surface area is 505 Å². The zero-order chi connectivity index (χ0) is 56.9. The van der Waals surface area contributed by atoms with E-state index >= 15 is 0 Å². The van der Waals surface area contributed by atoms with E-state index in [0.29, 0.717) is 61.2 Å². The lowest BCUT2D eigenvalue weighted by Crippen LogP contribution is -2.53. The standard InChI is InChI=1S/C21H34O.C21H32O.C11H20O.2C11H18O.2CH4/c2*1-4-14-6-8-18-17-7-5-15-13-16(22)9-11-21(15,3)19(17)10-12-20(14,18)2;3*1-11-6-3-2-4-9(11)8-10(12)5-7-11;;/h4,14-19,22H,1,5-13H2,2-3H3;4,14-15,17-19H,1,5-13H2,2-3H3;9-10,12H,2-8H2,1H3;2*9H,2-8H2,1H3;2*1H4/t14-,15-,16-,17?,18?,19?,20+,21-;14-,15-,17?,18?,19?,20+,21-;9-,10-,11-;2*9-,11-;;/m00000../s1. The van der Waals surface area contributed by atoms with Gasteiger partial charge in [0.15, 0.2) is 0 Å². The van der Waals surface area contributed by atoms with Gasteiger partial charge in [-0.05, 0) is 288 Å². The van der Waals surface area contributed by atoms with Crippen LogP contribution in [0.3, 0.4) is 0 Å². The normalized spacial score (nSPS) is 49.5. The Morgan fingerprint density at radius 3 is 1.20 bits per heavy atom. The number of rotatable bonds is 2. The highest BCUT2D eigenvalue weighted by Crippen LogP contribution is 2.69. The van der Waals surface area contributed by atoms with Gasteiger partial charge in [-0.3, -0.25) is 14.4 Å².